The van der Waals surface area contributed by atoms with Crippen molar-refractivity contribution >= 4 is 5.82 Å². The fourth-order valence-corrected chi connectivity index (χ4v) is 1.29. The van der Waals surface area contributed by atoms with Gasteiger partial charge >= 0.3 is 5.82 Å². The maximum absolute atomic E-state index is 5.65. The molecule has 0 aromatic carbocycles. The first-order valence-corrected chi connectivity index (χ1v) is 4.22. The maximum Gasteiger partial charge on any atom is 0.421 e. The van der Waals surface area contributed by atoms with Crippen molar-refractivity contribution in [3.8, 4) is 5.75 Å². The molecule has 0 fully saturated rings. The average Bonchev–Trinajstić information content (AvgIpc) is 2.18. The molecule has 2 heterocycles. The van der Waals surface area contributed by atoms with Crippen LogP contribution in [-0.2, 0) is 0 Å². The third-order valence-corrected chi connectivity index (χ3v) is 2.03. The molecule has 0 unspecified atom stereocenters. The van der Waals surface area contributed by atoms with Crippen molar-refractivity contribution < 1.29 is 9.72 Å². The topological polar surface area (TPSA) is 35.4 Å². The fourth-order valence-electron chi connectivity index (χ4n) is 1.29. The van der Waals surface area contributed by atoms with Crippen molar-refractivity contribution in [3.05, 3.63) is 30.5 Å². The summed E-state index contributed by atoms with van der Waals surface area (Å²) in [6, 6.07) is 1.81. The lowest BCUT2D eigenvalue weighted by Gasteiger charge is -2.18. The molecule has 3 nitrogen and oxygen atoms in total. The van der Waals surface area contributed by atoms with Gasteiger partial charge in [0.2, 0.25) is 5.75 Å². The Labute approximate surface area is 77.4 Å². The summed E-state index contributed by atoms with van der Waals surface area (Å²) in [6.45, 7) is 6.39. The van der Waals surface area contributed by atoms with Crippen LogP contribution in [0.15, 0.2) is 18.7 Å². The highest BCUT2D eigenvalue weighted by atomic mass is 16.5. The molecule has 1 aliphatic heterocycles. The number of nitrogens with zero attached hydrogens (tertiary/aromatic N) is 1. The van der Waals surface area contributed by atoms with E-state index in [9.17, 15) is 0 Å². The third kappa shape index (κ3) is 1.31. The number of nitrogens with one attached hydrogen (secondary N) is 1. The molecule has 0 bridgehead atoms. The van der Waals surface area contributed by atoms with Gasteiger partial charge in [0.15, 0.2) is 12.3 Å². The maximum atomic E-state index is 5.65. The number of aromatic nitrogens is 1. The highest BCUT2D eigenvalue weighted by Crippen LogP contribution is 2.27. The molecule has 13 heavy (non-hydrogen) atoms. The van der Waals surface area contributed by atoms with Gasteiger partial charge in [0.1, 0.15) is 6.54 Å². The molecule has 1 aliphatic rings. The van der Waals surface area contributed by atoms with Crippen LogP contribution in [0, 0.1) is 13.1 Å². The Morgan fingerprint density at radius 2 is 2.69 bits per heavy atom. The standard InChI is InChI=1S/C10H10N2O/c1-3-8-6-12-10-9(13-8)7(2)4-5-11-10/h3-4,8H,1,6H2,2H3/p+1/t8-/m0/s1. The number of rotatable bonds is 1. The number of aryl methyl sites for hydroxylation is 1. The summed E-state index contributed by atoms with van der Waals surface area (Å²) in [7, 11) is 0. The van der Waals surface area contributed by atoms with Gasteiger partial charge in [-0.05, 0) is 13.0 Å². The third-order valence-electron chi connectivity index (χ3n) is 2.03. The van der Waals surface area contributed by atoms with Crippen molar-refractivity contribution in [1.82, 2.24) is 0 Å². The zero-order valence-electron chi connectivity index (χ0n) is 7.50. The molecule has 0 spiro atoms. The molecule has 0 radical (unpaired) electrons. The van der Waals surface area contributed by atoms with Gasteiger partial charge < -0.3 is 4.74 Å². The molecule has 2 rings (SSSR count). The second-order valence-corrected chi connectivity index (χ2v) is 3.02. The number of anilines is 1. The summed E-state index contributed by atoms with van der Waals surface area (Å²) in [4.78, 5) is 4.05. The van der Waals surface area contributed by atoms with Crippen molar-refractivity contribution in [1.29, 1.82) is 0 Å². The first-order valence-electron chi connectivity index (χ1n) is 4.22. The molecule has 3 heteroatoms. The summed E-state index contributed by atoms with van der Waals surface area (Å²) in [5.74, 6) is 1.59. The zero-order chi connectivity index (χ0) is 9.26. The van der Waals surface area contributed by atoms with Crippen molar-refractivity contribution in [3.63, 3.8) is 0 Å². The summed E-state index contributed by atoms with van der Waals surface area (Å²) in [5.41, 5.74) is 1.05. The van der Waals surface area contributed by atoms with E-state index < -0.39 is 0 Å². The second-order valence-electron chi connectivity index (χ2n) is 3.02. The van der Waals surface area contributed by atoms with Crippen LogP contribution >= 0.6 is 0 Å². The van der Waals surface area contributed by atoms with E-state index >= 15 is 0 Å². The van der Waals surface area contributed by atoms with Gasteiger partial charge in [-0.15, -0.1) is 4.98 Å². The Balaban J connectivity index is 2.37. The minimum absolute atomic E-state index is 0.0374. The van der Waals surface area contributed by atoms with Gasteiger partial charge in [0.25, 0.3) is 0 Å². The molecule has 66 valence electrons. The van der Waals surface area contributed by atoms with Crippen LogP contribution < -0.4 is 15.0 Å². The SMILES string of the molecule is C=C[C@H]1CNc2[n+]#ccc(C)c2O1. The number of ether oxygens (including phenoxy) is 1. The van der Waals surface area contributed by atoms with Gasteiger partial charge in [-0.25, -0.2) is 0 Å². The minimum Gasteiger partial charge on any atom is -0.473 e. The predicted molar refractivity (Wildman–Crippen MR) is 48.7 cm³/mol. The van der Waals surface area contributed by atoms with Gasteiger partial charge in [-0.3, -0.25) is 5.32 Å². The highest BCUT2D eigenvalue weighted by Gasteiger charge is 2.25. The molecule has 0 amide bonds. The molecular formula is C10H11N2O+. The first-order chi connectivity index (χ1) is 6.31. The second kappa shape index (κ2) is 2.98. The van der Waals surface area contributed by atoms with E-state index in [1.807, 2.05) is 13.0 Å². The van der Waals surface area contributed by atoms with Crippen LogP contribution in [0.25, 0.3) is 0 Å². The van der Waals surface area contributed by atoms with E-state index in [-0.39, 0.29) is 6.10 Å². The summed E-state index contributed by atoms with van der Waals surface area (Å²) in [6.07, 6.45) is 4.62. The number of fused-ring (bicyclic) bond motifs is 1. The smallest absolute Gasteiger partial charge is 0.421 e. The molecule has 1 aromatic heterocycles. The van der Waals surface area contributed by atoms with Crippen molar-refractivity contribution in [2.24, 2.45) is 0 Å². The quantitative estimate of drug-likeness (QED) is 0.640. The summed E-state index contributed by atoms with van der Waals surface area (Å²) in [5, 5.41) is 3.17. The largest absolute Gasteiger partial charge is 0.473 e. The Kier molecular flexibility index (Phi) is 1.82. The first kappa shape index (κ1) is 7.93. The van der Waals surface area contributed by atoms with Gasteiger partial charge in [-0.1, -0.05) is 6.58 Å². The zero-order valence-corrected chi connectivity index (χ0v) is 7.50. The molecule has 0 saturated carbocycles. The lowest BCUT2D eigenvalue weighted by atomic mass is 10.2. The van der Waals surface area contributed by atoms with Gasteiger partial charge in [-0.2, -0.15) is 0 Å². The highest BCUT2D eigenvalue weighted by molar-refractivity contribution is 5.51. The van der Waals surface area contributed by atoms with Crippen LogP contribution in [0.4, 0.5) is 5.82 Å². The van der Waals surface area contributed by atoms with E-state index in [4.69, 9.17) is 4.74 Å². The Morgan fingerprint density at radius 3 is 3.46 bits per heavy atom. The molecular weight excluding hydrogens is 164 g/mol. The van der Waals surface area contributed by atoms with Crippen LogP contribution in [0.1, 0.15) is 5.56 Å². The normalized spacial score (nSPS) is 19.0. The number of hydrogen-bond donors (Lipinski definition) is 1. The molecule has 1 N–H and O–H groups in total. The molecule has 1 atom stereocenters. The lowest BCUT2D eigenvalue weighted by Crippen LogP contribution is -2.31. The Bertz CT molecular complexity index is 336. The summed E-state index contributed by atoms with van der Waals surface area (Å²) >= 11 is 0. The summed E-state index contributed by atoms with van der Waals surface area (Å²) < 4.78 is 5.65. The molecule has 0 aliphatic carbocycles. The average molecular weight is 175 g/mol. The van der Waals surface area contributed by atoms with E-state index in [1.54, 1.807) is 6.08 Å². The van der Waals surface area contributed by atoms with Crippen LogP contribution in [0.2, 0.25) is 0 Å². The van der Waals surface area contributed by atoms with Crippen molar-refractivity contribution in [2.45, 2.75) is 13.0 Å². The minimum atomic E-state index is 0.0374. The fraction of sp³-hybridized carbons (Fsp3) is 0.300. The van der Waals surface area contributed by atoms with E-state index in [0.717, 1.165) is 23.7 Å². The van der Waals surface area contributed by atoms with Crippen LogP contribution in [-0.4, -0.2) is 12.6 Å². The Hall–Kier alpha value is -1.69. The lowest BCUT2D eigenvalue weighted by molar-refractivity contribution is -0.279. The van der Waals surface area contributed by atoms with E-state index in [0.29, 0.717) is 0 Å². The number of hydrogen-bond acceptors (Lipinski definition) is 2. The van der Waals surface area contributed by atoms with Gasteiger partial charge in [0.05, 0.1) is 0 Å². The molecule has 0 saturated heterocycles. The van der Waals surface area contributed by atoms with Crippen molar-refractivity contribution in [2.75, 3.05) is 11.9 Å². The van der Waals surface area contributed by atoms with Crippen LogP contribution in [0.3, 0.4) is 0 Å². The Morgan fingerprint density at radius 1 is 1.85 bits per heavy atom. The predicted octanol–water partition coefficient (Wildman–Crippen LogP) is 0.754. The van der Waals surface area contributed by atoms with Crippen LogP contribution in [0.5, 0.6) is 5.75 Å². The van der Waals surface area contributed by atoms with E-state index in [1.165, 1.54) is 0 Å². The monoisotopic (exact) mass is 175 g/mol. The van der Waals surface area contributed by atoms with Gasteiger partial charge in [0, 0.05) is 11.6 Å². The van der Waals surface area contributed by atoms with E-state index in [2.05, 4.69) is 23.1 Å². The molecule has 1 aromatic rings.